The molecule has 23 heavy (non-hydrogen) atoms. The van der Waals surface area contributed by atoms with Gasteiger partial charge in [0.2, 0.25) is 0 Å². The Kier molecular flexibility index (Phi) is 5.08. The molecule has 3 rings (SSSR count). The third-order valence-corrected chi connectivity index (χ3v) is 7.53. The van der Waals surface area contributed by atoms with Crippen molar-refractivity contribution in [1.82, 2.24) is 0 Å². The number of hydrogen-bond donors (Lipinski definition) is 1. The second-order valence-electron chi connectivity index (χ2n) is 7.91. The molecular formula is C20H31NS2. The predicted molar refractivity (Wildman–Crippen MR) is 108 cm³/mol. The largest absolute Gasteiger partial charge is 0.393 e. The standard InChI is InChI=1S/C20H29NS2.H2/c1-3-23-13-16-11-19(17-7-5-4-6-8-17)9-15(2)10-20(12-16,14-19)18(21)22;/h4-8,15-16H,3,9-14H2,1-2H3,(H2,21,22);1H. The van der Waals surface area contributed by atoms with E-state index in [0.29, 0.717) is 5.92 Å². The molecule has 0 saturated heterocycles. The fourth-order valence-electron chi connectivity index (χ4n) is 5.51. The summed E-state index contributed by atoms with van der Waals surface area (Å²) in [5.74, 6) is 3.89. The minimum Gasteiger partial charge on any atom is -0.393 e. The van der Waals surface area contributed by atoms with E-state index in [1.807, 2.05) is 0 Å². The Bertz CT molecular complexity index is 564. The maximum Gasteiger partial charge on any atom is 0.0790 e. The Morgan fingerprint density at radius 3 is 2.65 bits per heavy atom. The van der Waals surface area contributed by atoms with E-state index < -0.39 is 0 Å². The first-order chi connectivity index (χ1) is 11.0. The molecule has 0 amide bonds. The molecule has 0 radical (unpaired) electrons. The number of thioether (sulfide) groups is 1. The van der Waals surface area contributed by atoms with Crippen LogP contribution in [0, 0.1) is 17.3 Å². The fraction of sp³-hybridized carbons (Fsp3) is 0.650. The van der Waals surface area contributed by atoms with Gasteiger partial charge in [-0.3, -0.25) is 0 Å². The number of rotatable bonds is 5. The molecule has 4 unspecified atom stereocenters. The molecule has 4 atom stereocenters. The number of thiocarbonyl (C=S) groups is 1. The summed E-state index contributed by atoms with van der Waals surface area (Å²) in [5, 5.41) is 0. The molecule has 0 aromatic heterocycles. The van der Waals surface area contributed by atoms with Crippen LogP contribution in [0.2, 0.25) is 0 Å². The zero-order valence-electron chi connectivity index (χ0n) is 14.4. The Morgan fingerprint density at radius 2 is 2.00 bits per heavy atom. The van der Waals surface area contributed by atoms with Gasteiger partial charge in [0.25, 0.3) is 0 Å². The van der Waals surface area contributed by atoms with Crippen LogP contribution >= 0.6 is 24.0 Å². The van der Waals surface area contributed by atoms with Crippen LogP contribution in [0.3, 0.4) is 0 Å². The molecule has 2 saturated carbocycles. The van der Waals surface area contributed by atoms with Crippen LogP contribution in [0.5, 0.6) is 0 Å². The molecule has 1 aromatic rings. The predicted octanol–water partition coefficient (Wildman–Crippen LogP) is 5.43. The summed E-state index contributed by atoms with van der Waals surface area (Å²) in [6, 6.07) is 11.2. The first kappa shape index (κ1) is 17.3. The quantitative estimate of drug-likeness (QED) is 0.718. The average Bonchev–Trinajstić information content (AvgIpc) is 2.52. The zero-order chi connectivity index (χ0) is 16.5. The second kappa shape index (κ2) is 6.76. The highest BCUT2D eigenvalue weighted by atomic mass is 32.2. The van der Waals surface area contributed by atoms with Crippen LogP contribution in [0.1, 0.15) is 52.9 Å². The molecule has 3 heteroatoms. The topological polar surface area (TPSA) is 26.0 Å². The maximum atomic E-state index is 6.32. The third kappa shape index (κ3) is 3.32. The molecule has 0 heterocycles. The lowest BCUT2D eigenvalue weighted by molar-refractivity contribution is 0.0438. The number of fused-ring (bicyclic) bond motifs is 2. The summed E-state index contributed by atoms with van der Waals surface area (Å²) in [4.78, 5) is 0.774. The van der Waals surface area contributed by atoms with Crippen molar-refractivity contribution in [2.75, 3.05) is 11.5 Å². The van der Waals surface area contributed by atoms with Crippen molar-refractivity contribution >= 4 is 29.0 Å². The van der Waals surface area contributed by atoms with Gasteiger partial charge in [-0.05, 0) is 66.4 Å². The monoisotopic (exact) mass is 349 g/mol. The highest BCUT2D eigenvalue weighted by molar-refractivity contribution is 7.99. The van der Waals surface area contributed by atoms with Crippen molar-refractivity contribution in [3.63, 3.8) is 0 Å². The van der Waals surface area contributed by atoms with Crippen molar-refractivity contribution in [2.45, 2.75) is 51.4 Å². The van der Waals surface area contributed by atoms with Gasteiger partial charge in [-0.25, -0.2) is 0 Å². The van der Waals surface area contributed by atoms with Crippen molar-refractivity contribution in [2.24, 2.45) is 23.0 Å². The van der Waals surface area contributed by atoms with Gasteiger partial charge < -0.3 is 5.73 Å². The first-order valence-corrected chi connectivity index (χ1v) is 10.5. The lowest BCUT2D eigenvalue weighted by atomic mass is 9.48. The van der Waals surface area contributed by atoms with Gasteiger partial charge in [-0.1, -0.05) is 56.4 Å². The van der Waals surface area contributed by atoms with E-state index in [1.54, 1.807) is 0 Å². The van der Waals surface area contributed by atoms with E-state index in [-0.39, 0.29) is 12.3 Å². The van der Waals surface area contributed by atoms with Crippen molar-refractivity contribution in [3.8, 4) is 0 Å². The van der Waals surface area contributed by atoms with Crippen molar-refractivity contribution < 1.29 is 1.43 Å². The number of hydrogen-bond acceptors (Lipinski definition) is 2. The molecule has 0 aliphatic heterocycles. The summed E-state index contributed by atoms with van der Waals surface area (Å²) in [7, 11) is 0. The van der Waals surface area contributed by atoms with Crippen LogP contribution < -0.4 is 5.73 Å². The molecule has 0 spiro atoms. The number of benzene rings is 1. The molecule has 1 aromatic carbocycles. The molecule has 2 aliphatic carbocycles. The summed E-state index contributed by atoms with van der Waals surface area (Å²) >= 11 is 7.68. The van der Waals surface area contributed by atoms with E-state index in [4.69, 9.17) is 18.0 Å². The maximum absolute atomic E-state index is 6.32. The van der Waals surface area contributed by atoms with E-state index >= 15 is 0 Å². The highest BCUT2D eigenvalue weighted by Gasteiger charge is 2.54. The Morgan fingerprint density at radius 1 is 1.26 bits per heavy atom. The van der Waals surface area contributed by atoms with E-state index in [1.165, 1.54) is 42.8 Å². The molecule has 1 nitrogen and oxygen atoms in total. The second-order valence-corrected chi connectivity index (χ2v) is 9.67. The minimum absolute atomic E-state index is 0. The van der Waals surface area contributed by atoms with Gasteiger partial charge >= 0.3 is 0 Å². The van der Waals surface area contributed by atoms with Crippen molar-refractivity contribution in [1.29, 1.82) is 0 Å². The zero-order valence-corrected chi connectivity index (χ0v) is 16.0. The Labute approximate surface area is 152 Å². The molecule has 128 valence electrons. The smallest absolute Gasteiger partial charge is 0.0790 e. The number of nitrogens with two attached hydrogens (primary N) is 1. The van der Waals surface area contributed by atoms with Gasteiger partial charge in [-0.15, -0.1) is 0 Å². The molecule has 2 fully saturated rings. The van der Waals surface area contributed by atoms with E-state index in [9.17, 15) is 0 Å². The van der Waals surface area contributed by atoms with Gasteiger partial charge in [0, 0.05) is 6.84 Å². The van der Waals surface area contributed by atoms with Crippen LogP contribution in [0.25, 0.3) is 0 Å². The third-order valence-electron chi connectivity index (χ3n) is 5.98. The van der Waals surface area contributed by atoms with Gasteiger partial charge in [0.15, 0.2) is 0 Å². The fourth-order valence-corrected chi connectivity index (χ4v) is 6.55. The van der Waals surface area contributed by atoms with Crippen LogP contribution in [0.4, 0.5) is 0 Å². The minimum atomic E-state index is 0. The molecule has 2 N–H and O–H groups in total. The molecule has 2 aliphatic rings. The SMILES string of the molecule is CCSCC1CC2(C(N)=S)CC(C)CC(c3ccccc3)(C1)C2.[HH]. The normalized spacial score (nSPS) is 36.6. The van der Waals surface area contributed by atoms with Crippen LogP contribution in [-0.4, -0.2) is 16.5 Å². The Hall–Kier alpha value is -0.540. The van der Waals surface area contributed by atoms with Crippen molar-refractivity contribution in [3.05, 3.63) is 35.9 Å². The Balaban J connectivity index is 0.00000208. The van der Waals surface area contributed by atoms with Gasteiger partial charge in [0.1, 0.15) is 0 Å². The van der Waals surface area contributed by atoms with Crippen LogP contribution in [0.15, 0.2) is 30.3 Å². The summed E-state index contributed by atoms with van der Waals surface area (Å²) in [5.41, 5.74) is 8.20. The average molecular weight is 350 g/mol. The van der Waals surface area contributed by atoms with E-state index in [0.717, 1.165) is 17.3 Å². The molecular weight excluding hydrogens is 318 g/mol. The highest BCUT2D eigenvalue weighted by Crippen LogP contribution is 2.60. The lowest BCUT2D eigenvalue weighted by Gasteiger charge is -2.57. The van der Waals surface area contributed by atoms with Crippen LogP contribution in [-0.2, 0) is 5.41 Å². The van der Waals surface area contributed by atoms with E-state index in [2.05, 4.69) is 55.9 Å². The summed E-state index contributed by atoms with van der Waals surface area (Å²) in [6.45, 7) is 4.65. The summed E-state index contributed by atoms with van der Waals surface area (Å²) in [6.07, 6.45) is 6.14. The van der Waals surface area contributed by atoms with Gasteiger partial charge in [0.05, 0.1) is 4.99 Å². The molecule has 2 bridgehead atoms. The summed E-state index contributed by atoms with van der Waals surface area (Å²) < 4.78 is 0. The first-order valence-electron chi connectivity index (χ1n) is 8.93. The van der Waals surface area contributed by atoms with Gasteiger partial charge in [-0.2, -0.15) is 11.8 Å². The lowest BCUT2D eigenvalue weighted by Crippen LogP contribution is -2.54.